The molecule has 2 aromatic carbocycles. The summed E-state index contributed by atoms with van der Waals surface area (Å²) < 4.78 is 0. The van der Waals surface area contributed by atoms with Crippen LogP contribution in [-0.2, 0) is 4.79 Å². The molecule has 4 N–H and O–H groups in total. The maximum absolute atomic E-state index is 12.9. The van der Waals surface area contributed by atoms with E-state index in [0.717, 1.165) is 12.8 Å². The van der Waals surface area contributed by atoms with Gasteiger partial charge in [0, 0.05) is 39.8 Å². The number of rotatable bonds is 3. The summed E-state index contributed by atoms with van der Waals surface area (Å²) in [6.45, 7) is 8.30. The molecule has 6 nitrogen and oxygen atoms in total. The number of hydrogen-bond donors (Lipinski definition) is 3. The second-order valence-corrected chi connectivity index (χ2v) is 8.95. The number of nitriles is 1. The van der Waals surface area contributed by atoms with E-state index in [4.69, 9.17) is 5.73 Å². The van der Waals surface area contributed by atoms with Gasteiger partial charge in [0.15, 0.2) is 0 Å². The average Bonchev–Trinajstić information content (AvgIpc) is 2.60. The first-order valence-corrected chi connectivity index (χ1v) is 9.74. The molecular formula is C23H28N4O2. The minimum atomic E-state index is -0.482. The third-order valence-corrected chi connectivity index (χ3v) is 5.60. The Morgan fingerprint density at radius 2 is 1.76 bits per heavy atom. The molecule has 29 heavy (non-hydrogen) atoms. The number of carbonyl (C=O) groups excluding carboxylic acids is 1. The lowest BCUT2D eigenvalue weighted by molar-refractivity contribution is -0.112. The highest BCUT2D eigenvalue weighted by Crippen LogP contribution is 2.38. The van der Waals surface area contributed by atoms with E-state index >= 15 is 0 Å². The van der Waals surface area contributed by atoms with Gasteiger partial charge in [0.05, 0.1) is 0 Å². The van der Waals surface area contributed by atoms with Gasteiger partial charge in [0.1, 0.15) is 17.4 Å². The van der Waals surface area contributed by atoms with Crippen LogP contribution in [0.3, 0.4) is 0 Å². The second-order valence-electron chi connectivity index (χ2n) is 8.95. The van der Waals surface area contributed by atoms with E-state index in [0.29, 0.717) is 16.5 Å². The number of phenolic OH excluding ortho intramolecular Hbond substituents is 1. The van der Waals surface area contributed by atoms with Crippen LogP contribution < -0.4 is 11.1 Å². The number of aromatic hydroxyl groups is 1. The molecule has 1 fully saturated rings. The summed E-state index contributed by atoms with van der Waals surface area (Å²) in [5.74, 6) is -0.340. The molecule has 3 rings (SSSR count). The summed E-state index contributed by atoms with van der Waals surface area (Å²) >= 11 is 0. The van der Waals surface area contributed by atoms with Crippen LogP contribution in [0, 0.1) is 11.3 Å². The Balaban J connectivity index is 1.94. The highest BCUT2D eigenvalue weighted by molar-refractivity contribution is 6.11. The molecule has 0 atom stereocenters. The molecule has 0 radical (unpaired) electrons. The van der Waals surface area contributed by atoms with Gasteiger partial charge in [-0.2, -0.15) is 5.26 Å². The van der Waals surface area contributed by atoms with Gasteiger partial charge in [-0.1, -0.05) is 24.3 Å². The number of nitrogens with two attached hydrogens (primary N) is 1. The average molecular weight is 393 g/mol. The first kappa shape index (κ1) is 20.7. The molecule has 0 spiro atoms. The standard InChI is InChI=1S/C23H28N4O2/c1-22(2)11-16(25)12-23(3,4)27(22)14-15(13-24)21(29)26-19-9-5-8-18-17(19)7-6-10-20(18)28/h5-10,14,16,28H,11-12,25H2,1-4H3,(H,26,29)/b15-14-. The van der Waals surface area contributed by atoms with E-state index in [2.05, 4.69) is 37.9 Å². The molecule has 152 valence electrons. The zero-order chi connectivity index (χ0) is 21.4. The van der Waals surface area contributed by atoms with Crippen molar-refractivity contribution in [1.82, 2.24) is 4.90 Å². The fourth-order valence-electron chi connectivity index (χ4n) is 4.58. The van der Waals surface area contributed by atoms with E-state index in [1.807, 2.05) is 12.1 Å². The molecule has 0 bridgehead atoms. The predicted octanol–water partition coefficient (Wildman–Crippen LogP) is 3.87. The first-order valence-electron chi connectivity index (χ1n) is 9.74. The number of piperidine rings is 1. The van der Waals surface area contributed by atoms with Crippen molar-refractivity contribution in [1.29, 1.82) is 5.26 Å². The fraction of sp³-hybridized carbons (Fsp3) is 0.391. The van der Waals surface area contributed by atoms with Crippen molar-refractivity contribution < 1.29 is 9.90 Å². The van der Waals surface area contributed by atoms with Gasteiger partial charge in [-0.15, -0.1) is 0 Å². The fourth-order valence-corrected chi connectivity index (χ4v) is 4.58. The molecule has 1 amide bonds. The third kappa shape index (κ3) is 4.06. The van der Waals surface area contributed by atoms with Gasteiger partial charge in [0.25, 0.3) is 5.91 Å². The van der Waals surface area contributed by atoms with E-state index in [1.54, 1.807) is 36.5 Å². The number of fused-ring (bicyclic) bond motifs is 1. The number of benzene rings is 2. The van der Waals surface area contributed by atoms with Crippen LogP contribution in [0.4, 0.5) is 5.69 Å². The van der Waals surface area contributed by atoms with Crippen LogP contribution in [0.2, 0.25) is 0 Å². The van der Waals surface area contributed by atoms with Crippen molar-refractivity contribution in [2.24, 2.45) is 5.73 Å². The van der Waals surface area contributed by atoms with Crippen LogP contribution in [0.15, 0.2) is 48.2 Å². The second kappa shape index (κ2) is 7.41. The van der Waals surface area contributed by atoms with Gasteiger partial charge in [-0.25, -0.2) is 0 Å². The lowest BCUT2D eigenvalue weighted by Crippen LogP contribution is -2.61. The topological polar surface area (TPSA) is 102 Å². The number of amides is 1. The Hall–Kier alpha value is -3.04. The Morgan fingerprint density at radius 1 is 1.17 bits per heavy atom. The van der Waals surface area contributed by atoms with Crippen LogP contribution in [0.1, 0.15) is 40.5 Å². The van der Waals surface area contributed by atoms with Gasteiger partial charge in [-0.3, -0.25) is 4.79 Å². The summed E-state index contributed by atoms with van der Waals surface area (Å²) in [5, 5.41) is 23.9. The van der Waals surface area contributed by atoms with Crippen molar-refractivity contribution in [3.8, 4) is 11.8 Å². The summed E-state index contributed by atoms with van der Waals surface area (Å²) in [5.41, 5.74) is 6.23. The van der Waals surface area contributed by atoms with Crippen molar-refractivity contribution >= 4 is 22.4 Å². The van der Waals surface area contributed by atoms with Crippen LogP contribution >= 0.6 is 0 Å². The van der Waals surface area contributed by atoms with Gasteiger partial charge >= 0.3 is 0 Å². The number of phenols is 1. The summed E-state index contributed by atoms with van der Waals surface area (Å²) in [6, 6.07) is 12.5. The third-order valence-electron chi connectivity index (χ3n) is 5.60. The minimum Gasteiger partial charge on any atom is -0.507 e. The molecule has 2 aromatic rings. The predicted molar refractivity (Wildman–Crippen MR) is 115 cm³/mol. The first-order chi connectivity index (χ1) is 13.5. The number of hydrogen-bond acceptors (Lipinski definition) is 5. The SMILES string of the molecule is CC1(C)CC(N)CC(C)(C)N1/C=C(/C#N)C(=O)Nc1cccc2c(O)cccc12. The van der Waals surface area contributed by atoms with Crippen molar-refractivity contribution in [3.05, 3.63) is 48.2 Å². The smallest absolute Gasteiger partial charge is 0.267 e. The highest BCUT2D eigenvalue weighted by atomic mass is 16.3. The Morgan fingerprint density at radius 3 is 2.38 bits per heavy atom. The molecular weight excluding hydrogens is 364 g/mol. The summed E-state index contributed by atoms with van der Waals surface area (Å²) in [6.07, 6.45) is 3.20. The van der Waals surface area contributed by atoms with Crippen molar-refractivity contribution in [3.63, 3.8) is 0 Å². The number of likely N-dealkylation sites (tertiary alicyclic amines) is 1. The Kier molecular flexibility index (Phi) is 5.29. The lowest BCUT2D eigenvalue weighted by atomic mass is 9.77. The number of nitrogens with zero attached hydrogens (tertiary/aromatic N) is 2. The van der Waals surface area contributed by atoms with E-state index in [9.17, 15) is 15.2 Å². The summed E-state index contributed by atoms with van der Waals surface area (Å²) in [4.78, 5) is 15.0. The van der Waals surface area contributed by atoms with Gasteiger partial charge in [0.2, 0.25) is 0 Å². The minimum absolute atomic E-state index is 0.0266. The molecule has 0 unspecified atom stereocenters. The molecule has 1 heterocycles. The zero-order valence-corrected chi connectivity index (χ0v) is 17.4. The number of carbonyl (C=O) groups is 1. The monoisotopic (exact) mass is 392 g/mol. The molecule has 6 heteroatoms. The van der Waals surface area contributed by atoms with Gasteiger partial charge in [-0.05, 0) is 52.7 Å². The van der Waals surface area contributed by atoms with Crippen LogP contribution in [0.5, 0.6) is 5.75 Å². The van der Waals surface area contributed by atoms with E-state index in [1.165, 1.54) is 0 Å². The highest BCUT2D eigenvalue weighted by Gasteiger charge is 2.43. The molecule has 1 aliphatic rings. The van der Waals surface area contributed by atoms with E-state index < -0.39 is 5.91 Å². The molecule has 1 saturated heterocycles. The number of anilines is 1. The number of nitrogens with one attached hydrogen (secondary N) is 1. The largest absolute Gasteiger partial charge is 0.507 e. The Labute approximate surface area is 171 Å². The zero-order valence-electron chi connectivity index (χ0n) is 17.4. The van der Waals surface area contributed by atoms with Crippen molar-refractivity contribution in [2.75, 3.05) is 5.32 Å². The molecule has 0 aliphatic carbocycles. The van der Waals surface area contributed by atoms with E-state index in [-0.39, 0.29) is 28.4 Å². The summed E-state index contributed by atoms with van der Waals surface area (Å²) in [7, 11) is 0. The lowest BCUT2D eigenvalue weighted by Gasteiger charge is -2.54. The maximum Gasteiger partial charge on any atom is 0.267 e. The maximum atomic E-state index is 12.9. The van der Waals surface area contributed by atoms with Crippen LogP contribution in [-0.4, -0.2) is 33.0 Å². The van der Waals surface area contributed by atoms with Gasteiger partial charge < -0.3 is 21.1 Å². The van der Waals surface area contributed by atoms with Crippen LogP contribution in [0.25, 0.3) is 10.8 Å². The van der Waals surface area contributed by atoms with Crippen molar-refractivity contribution in [2.45, 2.75) is 57.7 Å². The normalized spacial score (nSPS) is 19.0. The molecule has 0 saturated carbocycles. The quantitative estimate of drug-likeness (QED) is 0.543. The Bertz CT molecular complexity index is 999. The molecule has 0 aromatic heterocycles. The molecule has 1 aliphatic heterocycles.